The van der Waals surface area contributed by atoms with Crippen LogP contribution in [0.25, 0.3) is 21.9 Å². The Morgan fingerprint density at radius 3 is 2.74 bits per heavy atom. The van der Waals surface area contributed by atoms with Crippen LogP contribution in [0.1, 0.15) is 38.6 Å². The lowest BCUT2D eigenvalue weighted by Gasteiger charge is -2.37. The highest BCUT2D eigenvalue weighted by atomic mass is 19.1. The average molecular weight is 467 g/mol. The van der Waals surface area contributed by atoms with Gasteiger partial charge >= 0.3 is 6.01 Å². The molecular formula is C23H27FN8O2. The number of hydrogen-bond donors (Lipinski definition) is 4. The van der Waals surface area contributed by atoms with Crippen molar-refractivity contribution in [2.45, 2.75) is 44.9 Å². The number of aromatic amines is 1. The lowest BCUT2D eigenvalue weighted by molar-refractivity contribution is 0.188. The van der Waals surface area contributed by atoms with E-state index < -0.39 is 6.10 Å². The average Bonchev–Trinajstić information content (AvgIpc) is 3.16. The summed E-state index contributed by atoms with van der Waals surface area (Å²) in [7, 11) is 1.74. The summed E-state index contributed by atoms with van der Waals surface area (Å²) in [5.74, 6) is 0.925. The van der Waals surface area contributed by atoms with Gasteiger partial charge in [-0.3, -0.25) is 0 Å². The lowest BCUT2D eigenvalue weighted by Crippen LogP contribution is -2.46. The van der Waals surface area contributed by atoms with Crippen molar-refractivity contribution in [2.24, 2.45) is 5.73 Å². The van der Waals surface area contributed by atoms with Crippen LogP contribution in [0.15, 0.2) is 24.5 Å². The number of halogens is 1. The molecule has 1 aliphatic rings. The van der Waals surface area contributed by atoms with E-state index in [9.17, 15) is 9.50 Å². The number of aliphatic hydroxyl groups is 1. The summed E-state index contributed by atoms with van der Waals surface area (Å²) in [5, 5.41) is 14.1. The fourth-order valence-electron chi connectivity index (χ4n) is 4.50. The van der Waals surface area contributed by atoms with E-state index in [1.54, 1.807) is 14.0 Å². The predicted molar refractivity (Wildman–Crippen MR) is 128 cm³/mol. The minimum Gasteiger partial charge on any atom is -0.421 e. The van der Waals surface area contributed by atoms with Crippen molar-refractivity contribution in [3.8, 4) is 11.8 Å². The molecule has 0 saturated carbocycles. The first kappa shape index (κ1) is 22.2. The highest BCUT2D eigenvalue weighted by molar-refractivity contribution is 6.14. The van der Waals surface area contributed by atoms with Crippen molar-refractivity contribution < 1.29 is 14.2 Å². The van der Waals surface area contributed by atoms with Crippen molar-refractivity contribution >= 4 is 33.4 Å². The summed E-state index contributed by atoms with van der Waals surface area (Å²) < 4.78 is 20.4. The Kier molecular flexibility index (Phi) is 5.66. The van der Waals surface area contributed by atoms with E-state index in [2.05, 4.69) is 37.1 Å². The van der Waals surface area contributed by atoms with Crippen molar-refractivity contribution in [1.82, 2.24) is 24.9 Å². The van der Waals surface area contributed by atoms with Gasteiger partial charge in [-0.25, -0.2) is 14.4 Å². The normalized spacial score (nSPS) is 19.5. The molecule has 11 heteroatoms. The summed E-state index contributed by atoms with van der Waals surface area (Å²) in [5.41, 5.74) is 8.08. The zero-order valence-electron chi connectivity index (χ0n) is 19.2. The van der Waals surface area contributed by atoms with E-state index in [-0.39, 0.29) is 23.9 Å². The van der Waals surface area contributed by atoms with Gasteiger partial charge in [0, 0.05) is 31.1 Å². The molecule has 10 nitrogen and oxygen atoms in total. The molecule has 4 heterocycles. The Hall–Kier alpha value is -3.57. The number of benzene rings is 1. The molecule has 0 spiro atoms. The molecule has 1 fully saturated rings. The maximum absolute atomic E-state index is 14.5. The van der Waals surface area contributed by atoms with E-state index in [1.807, 2.05) is 0 Å². The smallest absolute Gasteiger partial charge is 0.326 e. The largest absolute Gasteiger partial charge is 0.421 e. The highest BCUT2D eigenvalue weighted by Crippen LogP contribution is 2.38. The van der Waals surface area contributed by atoms with Gasteiger partial charge in [0.05, 0.1) is 29.0 Å². The Bertz CT molecular complexity index is 1340. The van der Waals surface area contributed by atoms with Gasteiger partial charge in [-0.1, -0.05) is 0 Å². The minimum atomic E-state index is -0.784. The molecule has 0 bridgehead atoms. The Balaban J connectivity index is 1.66. The minimum absolute atomic E-state index is 0.107. The number of aliphatic hydroxyl groups excluding tert-OH is 1. The maximum Gasteiger partial charge on any atom is 0.326 e. The third-order valence-electron chi connectivity index (χ3n) is 6.17. The monoisotopic (exact) mass is 466 g/mol. The number of piperidine rings is 1. The molecular weight excluding hydrogens is 439 g/mol. The van der Waals surface area contributed by atoms with Crippen molar-refractivity contribution in [3.05, 3.63) is 36.2 Å². The van der Waals surface area contributed by atoms with Crippen LogP contribution in [0.2, 0.25) is 0 Å². The number of nitrogens with zero attached hydrogens (tertiary/aromatic N) is 5. The van der Waals surface area contributed by atoms with E-state index in [0.29, 0.717) is 40.7 Å². The number of rotatable bonds is 5. The fraction of sp³-hybridized carbons (Fsp3) is 0.391. The number of H-pyrrole nitrogens is 1. The standard InChI is InChI=1S/C23H27FN8O2/c1-11-6-14(25)4-5-32(11)22-18-16-7-13(24)8-17(26-3)19(16)29-21(18)30-23(31-22)34-15-9-27-20(12(2)33)28-10-15/h7-12,14,26,33H,4-6,25H2,1-3H3,(H,29,30,31)/t11-,12?,14?/m1/s1. The number of nitrogens with one attached hydrogen (secondary N) is 2. The van der Waals surface area contributed by atoms with Crippen LogP contribution in [0.3, 0.4) is 0 Å². The van der Waals surface area contributed by atoms with E-state index in [1.165, 1.54) is 24.5 Å². The van der Waals surface area contributed by atoms with Crippen LogP contribution < -0.4 is 20.7 Å². The second-order valence-electron chi connectivity index (χ2n) is 8.69. The van der Waals surface area contributed by atoms with Crippen molar-refractivity contribution in [1.29, 1.82) is 0 Å². The number of aromatic nitrogens is 5. The zero-order chi connectivity index (χ0) is 24.0. The van der Waals surface area contributed by atoms with Crippen LogP contribution in [-0.2, 0) is 0 Å². The van der Waals surface area contributed by atoms with Crippen LogP contribution >= 0.6 is 0 Å². The molecule has 2 unspecified atom stereocenters. The third-order valence-corrected chi connectivity index (χ3v) is 6.17. The van der Waals surface area contributed by atoms with Gasteiger partial charge in [0.25, 0.3) is 0 Å². The van der Waals surface area contributed by atoms with Gasteiger partial charge < -0.3 is 30.8 Å². The van der Waals surface area contributed by atoms with E-state index >= 15 is 0 Å². The lowest BCUT2D eigenvalue weighted by atomic mass is 9.98. The van der Waals surface area contributed by atoms with Crippen molar-refractivity contribution in [3.63, 3.8) is 0 Å². The van der Waals surface area contributed by atoms with E-state index in [0.717, 1.165) is 23.7 Å². The molecule has 0 aliphatic carbocycles. The Morgan fingerprint density at radius 2 is 2.06 bits per heavy atom. The molecule has 3 aromatic heterocycles. The maximum atomic E-state index is 14.5. The molecule has 0 amide bonds. The van der Waals surface area contributed by atoms with Crippen LogP contribution in [0.4, 0.5) is 15.9 Å². The zero-order valence-corrected chi connectivity index (χ0v) is 19.2. The van der Waals surface area contributed by atoms with Gasteiger partial charge in [-0.15, -0.1) is 0 Å². The quantitative estimate of drug-likeness (QED) is 0.349. The molecule has 1 aromatic carbocycles. The summed E-state index contributed by atoms with van der Waals surface area (Å²) in [6, 6.07) is 3.29. The molecule has 5 rings (SSSR count). The second kappa shape index (κ2) is 8.65. The first-order valence-electron chi connectivity index (χ1n) is 11.2. The number of ether oxygens (including phenoxy) is 1. The molecule has 178 valence electrons. The van der Waals surface area contributed by atoms with E-state index in [4.69, 9.17) is 15.5 Å². The third kappa shape index (κ3) is 3.97. The predicted octanol–water partition coefficient (Wildman–Crippen LogP) is 3.24. The highest BCUT2D eigenvalue weighted by Gasteiger charge is 2.28. The summed E-state index contributed by atoms with van der Waals surface area (Å²) in [4.78, 5) is 23.0. The van der Waals surface area contributed by atoms with Crippen LogP contribution in [-0.4, -0.2) is 55.7 Å². The van der Waals surface area contributed by atoms with Gasteiger partial charge in [0.1, 0.15) is 23.4 Å². The molecule has 1 aliphatic heterocycles. The number of anilines is 2. The molecule has 4 aromatic rings. The van der Waals surface area contributed by atoms with Crippen molar-refractivity contribution in [2.75, 3.05) is 23.8 Å². The first-order valence-corrected chi connectivity index (χ1v) is 11.2. The number of nitrogens with two attached hydrogens (primary N) is 1. The molecule has 34 heavy (non-hydrogen) atoms. The Labute approximate surface area is 195 Å². The molecule has 3 atom stereocenters. The Morgan fingerprint density at radius 1 is 1.29 bits per heavy atom. The SMILES string of the molecule is CNc1cc(F)cc2c1[nH]c1nc(Oc3cnc(C(C)O)nc3)nc(N3CCC(N)C[C@H]3C)c12. The fourth-order valence-corrected chi connectivity index (χ4v) is 4.50. The summed E-state index contributed by atoms with van der Waals surface area (Å²) in [6.07, 6.45) is 3.77. The summed E-state index contributed by atoms with van der Waals surface area (Å²) >= 11 is 0. The molecule has 1 saturated heterocycles. The topological polar surface area (TPSA) is 138 Å². The van der Waals surface area contributed by atoms with Crippen LogP contribution in [0, 0.1) is 5.82 Å². The van der Waals surface area contributed by atoms with Gasteiger partial charge in [0.15, 0.2) is 11.6 Å². The molecule has 5 N–H and O–H groups in total. The van der Waals surface area contributed by atoms with Crippen LogP contribution in [0.5, 0.6) is 11.8 Å². The molecule has 0 radical (unpaired) electrons. The number of fused-ring (bicyclic) bond motifs is 3. The second-order valence-corrected chi connectivity index (χ2v) is 8.69. The van der Waals surface area contributed by atoms with Gasteiger partial charge in [-0.05, 0) is 38.8 Å². The number of hydrogen-bond acceptors (Lipinski definition) is 9. The first-order chi connectivity index (χ1) is 16.3. The van der Waals surface area contributed by atoms with Gasteiger partial charge in [-0.2, -0.15) is 9.97 Å². The summed E-state index contributed by atoms with van der Waals surface area (Å²) in [6.45, 7) is 4.40. The van der Waals surface area contributed by atoms with Gasteiger partial charge in [0.2, 0.25) is 0 Å².